The summed E-state index contributed by atoms with van der Waals surface area (Å²) >= 11 is 1.58. The first-order valence-electron chi connectivity index (χ1n) is 8.19. The number of carbonyl (C=O) groups excluding carboxylic acids is 1. The van der Waals surface area contributed by atoms with Crippen molar-refractivity contribution in [3.63, 3.8) is 0 Å². The second-order valence-electron chi connectivity index (χ2n) is 5.84. The van der Waals surface area contributed by atoms with E-state index in [9.17, 15) is 9.18 Å². The Bertz CT molecular complexity index is 719. The first kappa shape index (κ1) is 16.9. The maximum atomic E-state index is 14.5. The molecule has 2 aromatic rings. The highest BCUT2D eigenvalue weighted by atomic mass is 32.1. The van der Waals surface area contributed by atoms with E-state index in [1.807, 2.05) is 16.8 Å². The molecule has 0 unspecified atom stereocenters. The average molecular weight is 344 g/mol. The van der Waals surface area contributed by atoms with Crippen LogP contribution in [-0.2, 0) is 0 Å². The van der Waals surface area contributed by atoms with E-state index in [4.69, 9.17) is 0 Å². The van der Waals surface area contributed by atoms with Crippen LogP contribution in [0, 0.1) is 5.82 Å². The fourth-order valence-corrected chi connectivity index (χ4v) is 3.49. The summed E-state index contributed by atoms with van der Waals surface area (Å²) in [6, 6.07) is 6.73. The maximum absolute atomic E-state index is 14.5. The van der Waals surface area contributed by atoms with Gasteiger partial charge in [0.25, 0.3) is 0 Å². The summed E-state index contributed by atoms with van der Waals surface area (Å²) in [7, 11) is 0. The monoisotopic (exact) mass is 344 g/mol. The Hall–Kier alpha value is -1.98. The van der Waals surface area contributed by atoms with Gasteiger partial charge in [0, 0.05) is 31.7 Å². The summed E-state index contributed by atoms with van der Waals surface area (Å²) in [4.78, 5) is 16.6. The van der Waals surface area contributed by atoms with Crippen LogP contribution in [0.25, 0.3) is 6.08 Å². The fraction of sp³-hybridized carbons (Fsp3) is 0.316. The molecule has 0 spiro atoms. The van der Waals surface area contributed by atoms with Crippen LogP contribution in [0.1, 0.15) is 22.8 Å². The first-order chi connectivity index (χ1) is 11.7. The predicted octanol–water partition coefficient (Wildman–Crippen LogP) is 3.93. The average Bonchev–Trinajstić information content (AvgIpc) is 3.13. The number of anilines is 1. The van der Waals surface area contributed by atoms with Crippen molar-refractivity contribution in [3.8, 4) is 0 Å². The standard InChI is InChI=1S/C19H21FN2OS/c1-2-21-8-10-22(11-9-21)18-5-4-16(13-17(18)20)19(23)6-3-15-7-12-24-14-15/h3-7,12-14H,2,8-11H2,1H3/b6-3+. The predicted molar refractivity (Wildman–Crippen MR) is 98.4 cm³/mol. The molecule has 0 N–H and O–H groups in total. The van der Waals surface area contributed by atoms with Gasteiger partial charge in [-0.05, 0) is 53.2 Å². The second kappa shape index (κ2) is 7.73. The summed E-state index contributed by atoms with van der Waals surface area (Å²) in [5.74, 6) is -0.503. The number of benzene rings is 1. The Kier molecular flexibility index (Phi) is 5.43. The van der Waals surface area contributed by atoms with Crippen LogP contribution in [0.5, 0.6) is 0 Å². The molecule has 0 bridgehead atoms. The molecule has 1 aliphatic heterocycles. The summed E-state index contributed by atoms with van der Waals surface area (Å²) < 4.78 is 14.5. The second-order valence-corrected chi connectivity index (χ2v) is 6.62. The lowest BCUT2D eigenvalue weighted by molar-refractivity contribution is 0.104. The molecule has 0 saturated carbocycles. The van der Waals surface area contributed by atoms with E-state index in [2.05, 4.69) is 16.7 Å². The number of hydrogen-bond donors (Lipinski definition) is 0. The van der Waals surface area contributed by atoms with Crippen molar-refractivity contribution < 1.29 is 9.18 Å². The zero-order chi connectivity index (χ0) is 16.9. The van der Waals surface area contributed by atoms with Crippen molar-refractivity contribution in [2.45, 2.75) is 6.92 Å². The highest BCUT2D eigenvalue weighted by molar-refractivity contribution is 7.08. The number of ketones is 1. The van der Waals surface area contributed by atoms with Crippen LogP contribution in [0.3, 0.4) is 0 Å². The Morgan fingerprint density at radius 2 is 2.04 bits per heavy atom. The lowest BCUT2D eigenvalue weighted by Crippen LogP contribution is -2.46. The van der Waals surface area contributed by atoms with E-state index in [-0.39, 0.29) is 11.6 Å². The van der Waals surface area contributed by atoms with Gasteiger partial charge in [-0.1, -0.05) is 13.0 Å². The number of thiophene rings is 1. The molecule has 126 valence electrons. The number of nitrogens with zero attached hydrogens (tertiary/aromatic N) is 2. The van der Waals surface area contributed by atoms with Crippen LogP contribution in [0.2, 0.25) is 0 Å². The number of carbonyl (C=O) groups is 1. The smallest absolute Gasteiger partial charge is 0.185 e. The van der Waals surface area contributed by atoms with Crippen molar-refractivity contribution >= 4 is 28.9 Å². The fourth-order valence-electron chi connectivity index (χ4n) is 2.86. The van der Waals surface area contributed by atoms with Crippen LogP contribution in [0.15, 0.2) is 41.1 Å². The van der Waals surface area contributed by atoms with Crippen molar-refractivity contribution in [1.82, 2.24) is 4.90 Å². The minimum absolute atomic E-state index is 0.178. The van der Waals surface area contributed by atoms with Crippen molar-refractivity contribution in [3.05, 3.63) is 58.0 Å². The molecule has 0 aliphatic carbocycles. The van der Waals surface area contributed by atoms with Crippen LogP contribution < -0.4 is 4.90 Å². The Morgan fingerprint density at radius 1 is 1.25 bits per heavy atom. The van der Waals surface area contributed by atoms with Crippen LogP contribution in [-0.4, -0.2) is 43.4 Å². The van der Waals surface area contributed by atoms with E-state index in [1.54, 1.807) is 29.5 Å². The van der Waals surface area contributed by atoms with E-state index >= 15 is 0 Å². The lowest BCUT2D eigenvalue weighted by atomic mass is 10.1. The topological polar surface area (TPSA) is 23.6 Å². The highest BCUT2D eigenvalue weighted by Gasteiger charge is 2.19. The maximum Gasteiger partial charge on any atom is 0.185 e. The summed E-state index contributed by atoms with van der Waals surface area (Å²) in [6.45, 7) is 6.69. The summed E-state index contributed by atoms with van der Waals surface area (Å²) in [5, 5.41) is 3.92. The quantitative estimate of drug-likeness (QED) is 0.607. The van der Waals surface area contributed by atoms with Gasteiger partial charge in [-0.2, -0.15) is 11.3 Å². The lowest BCUT2D eigenvalue weighted by Gasteiger charge is -2.35. The third kappa shape index (κ3) is 3.91. The molecule has 1 aromatic carbocycles. The number of allylic oxidation sites excluding steroid dienone is 1. The summed E-state index contributed by atoms with van der Waals surface area (Å²) in [6.07, 6.45) is 3.26. The molecule has 2 heterocycles. The van der Waals surface area contributed by atoms with Gasteiger partial charge in [-0.3, -0.25) is 4.79 Å². The van der Waals surface area contributed by atoms with E-state index in [1.165, 1.54) is 12.1 Å². The third-order valence-electron chi connectivity index (χ3n) is 4.36. The van der Waals surface area contributed by atoms with Gasteiger partial charge in [-0.25, -0.2) is 4.39 Å². The van der Waals surface area contributed by atoms with Gasteiger partial charge in [-0.15, -0.1) is 0 Å². The molecule has 1 aliphatic rings. The molecule has 3 nitrogen and oxygen atoms in total. The number of likely N-dealkylation sites (N-methyl/N-ethyl adjacent to an activating group) is 1. The van der Waals surface area contributed by atoms with Gasteiger partial charge >= 0.3 is 0 Å². The first-order valence-corrected chi connectivity index (χ1v) is 9.13. The molecular weight excluding hydrogens is 323 g/mol. The van der Waals surface area contributed by atoms with E-state index in [0.717, 1.165) is 38.3 Å². The van der Waals surface area contributed by atoms with Gasteiger partial charge in [0.15, 0.2) is 5.78 Å². The van der Waals surface area contributed by atoms with E-state index < -0.39 is 0 Å². The molecule has 1 fully saturated rings. The Balaban J connectivity index is 1.69. The minimum Gasteiger partial charge on any atom is -0.367 e. The number of rotatable bonds is 5. The highest BCUT2D eigenvalue weighted by Crippen LogP contribution is 2.22. The molecule has 1 aromatic heterocycles. The molecule has 0 amide bonds. The molecule has 24 heavy (non-hydrogen) atoms. The molecule has 1 saturated heterocycles. The van der Waals surface area contributed by atoms with Crippen molar-refractivity contribution in [2.75, 3.05) is 37.6 Å². The number of hydrogen-bond acceptors (Lipinski definition) is 4. The van der Waals surface area contributed by atoms with Crippen molar-refractivity contribution in [1.29, 1.82) is 0 Å². The van der Waals surface area contributed by atoms with Crippen LogP contribution >= 0.6 is 11.3 Å². The SMILES string of the molecule is CCN1CCN(c2ccc(C(=O)/C=C/c3ccsc3)cc2F)CC1. The number of halogens is 1. The normalized spacial score (nSPS) is 16.0. The van der Waals surface area contributed by atoms with E-state index in [0.29, 0.717) is 11.3 Å². The van der Waals surface area contributed by atoms with Gasteiger partial charge in [0.2, 0.25) is 0 Å². The Morgan fingerprint density at radius 3 is 2.67 bits per heavy atom. The summed E-state index contributed by atoms with van der Waals surface area (Å²) in [5.41, 5.74) is 1.96. The molecular formula is C19H21FN2OS. The molecule has 3 rings (SSSR count). The van der Waals surface area contributed by atoms with Gasteiger partial charge < -0.3 is 9.80 Å². The molecule has 0 radical (unpaired) electrons. The molecule has 0 atom stereocenters. The van der Waals surface area contributed by atoms with Crippen molar-refractivity contribution in [2.24, 2.45) is 0 Å². The minimum atomic E-state index is -0.324. The largest absolute Gasteiger partial charge is 0.367 e. The zero-order valence-electron chi connectivity index (χ0n) is 13.7. The molecule has 5 heteroatoms. The number of piperazine rings is 1. The van der Waals surface area contributed by atoms with Crippen LogP contribution in [0.4, 0.5) is 10.1 Å². The third-order valence-corrected chi connectivity index (χ3v) is 5.06. The Labute approximate surface area is 146 Å². The van der Waals surface area contributed by atoms with Gasteiger partial charge in [0.1, 0.15) is 5.82 Å². The zero-order valence-corrected chi connectivity index (χ0v) is 14.6. The van der Waals surface area contributed by atoms with Gasteiger partial charge in [0.05, 0.1) is 5.69 Å².